The van der Waals surface area contributed by atoms with E-state index in [1.165, 1.54) is 0 Å². The van der Waals surface area contributed by atoms with Crippen LogP contribution < -0.4 is 4.74 Å². The zero-order valence-electron chi connectivity index (χ0n) is 19.7. The molecule has 0 unspecified atom stereocenters. The van der Waals surface area contributed by atoms with Crippen molar-refractivity contribution in [1.29, 1.82) is 0 Å². The van der Waals surface area contributed by atoms with Gasteiger partial charge in [0.2, 0.25) is 5.88 Å². The molecule has 0 spiro atoms. The molecule has 0 radical (unpaired) electrons. The number of carbonyl (C=O) groups is 1. The van der Waals surface area contributed by atoms with Crippen molar-refractivity contribution < 1.29 is 22.7 Å². The van der Waals surface area contributed by atoms with E-state index in [2.05, 4.69) is 10.1 Å². The Morgan fingerprint density at radius 1 is 1.14 bits per heavy atom. The zero-order valence-corrected chi connectivity index (χ0v) is 20.5. The normalized spacial score (nSPS) is 16.6. The van der Waals surface area contributed by atoms with E-state index in [0.717, 1.165) is 6.54 Å². The molecule has 0 bridgehead atoms. The van der Waals surface area contributed by atoms with Gasteiger partial charge in [0.15, 0.2) is 15.5 Å². The number of benzene rings is 1. The van der Waals surface area contributed by atoms with Gasteiger partial charge in [-0.15, -0.1) is 0 Å². The molecule has 1 fully saturated rings. The lowest BCUT2D eigenvalue weighted by molar-refractivity contribution is 0.0298. The van der Waals surface area contributed by atoms with E-state index in [1.807, 2.05) is 19.0 Å². The van der Waals surface area contributed by atoms with Crippen molar-refractivity contribution in [2.45, 2.75) is 10.6 Å². The van der Waals surface area contributed by atoms with E-state index in [0.29, 0.717) is 61.3 Å². The van der Waals surface area contributed by atoms with Gasteiger partial charge in [0.25, 0.3) is 5.91 Å². The van der Waals surface area contributed by atoms with Crippen LogP contribution in [0.3, 0.4) is 0 Å². The van der Waals surface area contributed by atoms with Crippen molar-refractivity contribution in [2.24, 2.45) is 0 Å². The molecule has 0 aliphatic carbocycles. The summed E-state index contributed by atoms with van der Waals surface area (Å²) >= 11 is 0. The number of pyridine rings is 1. The smallest absolute Gasteiger partial charge is 0.274 e. The Kier molecular flexibility index (Phi) is 6.30. The summed E-state index contributed by atoms with van der Waals surface area (Å²) in [5.41, 5.74) is 2.28. The number of ether oxygens (including phenoxy) is 2. The van der Waals surface area contributed by atoms with E-state index in [-0.39, 0.29) is 22.2 Å². The molecule has 3 aromatic rings. The van der Waals surface area contributed by atoms with Gasteiger partial charge in [-0.1, -0.05) is 18.2 Å². The second kappa shape index (κ2) is 9.40. The fourth-order valence-corrected chi connectivity index (χ4v) is 5.85. The molecule has 35 heavy (non-hydrogen) atoms. The number of likely N-dealkylation sites (N-methyl/N-ethyl adjacent to an activating group) is 1. The van der Waals surface area contributed by atoms with Gasteiger partial charge in [0, 0.05) is 36.8 Å². The van der Waals surface area contributed by atoms with Crippen molar-refractivity contribution in [1.82, 2.24) is 24.6 Å². The first-order valence-electron chi connectivity index (χ1n) is 11.4. The van der Waals surface area contributed by atoms with E-state index in [4.69, 9.17) is 9.47 Å². The molecular formula is C24H27N5O5S. The Bertz CT molecular complexity index is 1350. The summed E-state index contributed by atoms with van der Waals surface area (Å²) < 4.78 is 38.9. The monoisotopic (exact) mass is 497 g/mol. The molecule has 2 aromatic heterocycles. The standard InChI is InChI=1S/C24H27N5O5S/c1-27(2)9-14-34-21-8-7-17(15-25-21)29-23-18-5-3-4-6-20(18)35(31,32)16-19(23)22(26-29)24(30)28-10-12-33-13-11-28/h3-8,15H,9-14,16H2,1-2H3. The van der Waals surface area contributed by atoms with Crippen LogP contribution >= 0.6 is 0 Å². The summed E-state index contributed by atoms with van der Waals surface area (Å²) in [6.45, 7) is 3.01. The number of hydrogen-bond acceptors (Lipinski definition) is 8. The van der Waals surface area contributed by atoms with Crippen molar-refractivity contribution in [3.05, 3.63) is 53.9 Å². The maximum Gasteiger partial charge on any atom is 0.274 e. The molecule has 0 atom stereocenters. The molecule has 1 amide bonds. The Hall–Kier alpha value is -3.28. The first-order valence-corrected chi connectivity index (χ1v) is 13.1. The lowest BCUT2D eigenvalue weighted by atomic mass is 10.0. The average molecular weight is 498 g/mol. The van der Waals surface area contributed by atoms with Crippen LogP contribution in [0, 0.1) is 0 Å². The number of fused-ring (bicyclic) bond motifs is 3. The molecule has 1 saturated heterocycles. The van der Waals surface area contributed by atoms with Crippen molar-refractivity contribution in [2.75, 3.05) is 53.6 Å². The summed E-state index contributed by atoms with van der Waals surface area (Å²) in [6, 6.07) is 10.4. The predicted molar refractivity (Wildman–Crippen MR) is 128 cm³/mol. The lowest BCUT2D eigenvalue weighted by Crippen LogP contribution is -2.41. The summed E-state index contributed by atoms with van der Waals surface area (Å²) in [7, 11) is 0.310. The Balaban J connectivity index is 1.59. The van der Waals surface area contributed by atoms with Crippen LogP contribution in [0.15, 0.2) is 47.5 Å². The first-order chi connectivity index (χ1) is 16.8. The molecule has 0 saturated carbocycles. The minimum atomic E-state index is -3.62. The SMILES string of the molecule is CN(C)CCOc1ccc(-n2nc(C(=O)N3CCOCC3)c3c2-c2ccccc2S(=O)(=O)C3)cn1. The number of sulfone groups is 1. The Morgan fingerprint density at radius 3 is 2.63 bits per heavy atom. The zero-order chi connectivity index (χ0) is 24.6. The Morgan fingerprint density at radius 2 is 1.91 bits per heavy atom. The van der Waals surface area contributed by atoms with Crippen LogP contribution in [0.5, 0.6) is 5.88 Å². The fourth-order valence-electron chi connectivity index (χ4n) is 4.26. The number of aromatic nitrogens is 3. The maximum atomic E-state index is 13.4. The first kappa shape index (κ1) is 23.5. The van der Waals surface area contributed by atoms with Gasteiger partial charge in [-0.25, -0.2) is 18.1 Å². The number of rotatable bonds is 6. The van der Waals surface area contributed by atoms with E-state index < -0.39 is 9.84 Å². The van der Waals surface area contributed by atoms with Gasteiger partial charge in [-0.3, -0.25) is 4.79 Å². The van der Waals surface area contributed by atoms with E-state index in [9.17, 15) is 13.2 Å². The van der Waals surface area contributed by atoms with Gasteiger partial charge in [0.1, 0.15) is 6.61 Å². The number of morpholine rings is 1. The summed E-state index contributed by atoms with van der Waals surface area (Å²) in [4.78, 5) is 21.7. The molecule has 0 N–H and O–H groups in total. The fraction of sp³-hybridized carbons (Fsp3) is 0.375. The lowest BCUT2D eigenvalue weighted by Gasteiger charge is -2.26. The molecule has 11 heteroatoms. The quantitative estimate of drug-likeness (QED) is 0.506. The van der Waals surface area contributed by atoms with Crippen LogP contribution in [0.4, 0.5) is 0 Å². The molecule has 1 aromatic carbocycles. The largest absolute Gasteiger partial charge is 0.476 e. The van der Waals surface area contributed by atoms with Crippen molar-refractivity contribution in [3.8, 4) is 22.8 Å². The minimum Gasteiger partial charge on any atom is -0.476 e. The Labute approximate surface area is 204 Å². The number of hydrogen-bond donors (Lipinski definition) is 0. The van der Waals surface area contributed by atoms with Crippen LogP contribution in [0.1, 0.15) is 16.1 Å². The van der Waals surface area contributed by atoms with Gasteiger partial charge in [-0.2, -0.15) is 5.10 Å². The highest BCUT2D eigenvalue weighted by atomic mass is 32.2. The van der Waals surface area contributed by atoms with Crippen LogP contribution in [-0.4, -0.2) is 92.4 Å². The molecule has 5 rings (SSSR count). The molecule has 2 aliphatic heterocycles. The predicted octanol–water partition coefficient (Wildman–Crippen LogP) is 1.63. The summed E-state index contributed by atoms with van der Waals surface area (Å²) in [6.07, 6.45) is 1.62. The summed E-state index contributed by atoms with van der Waals surface area (Å²) in [5.74, 6) is -0.108. The van der Waals surface area contributed by atoms with E-state index >= 15 is 0 Å². The molecular weight excluding hydrogens is 470 g/mol. The average Bonchev–Trinajstić information content (AvgIpc) is 3.23. The van der Waals surface area contributed by atoms with Gasteiger partial charge in [0.05, 0.1) is 41.4 Å². The summed E-state index contributed by atoms with van der Waals surface area (Å²) in [5, 5.41) is 4.65. The highest BCUT2D eigenvalue weighted by Gasteiger charge is 2.37. The van der Waals surface area contributed by atoms with Crippen LogP contribution in [-0.2, 0) is 20.3 Å². The molecule has 4 heterocycles. The van der Waals surface area contributed by atoms with E-state index in [1.54, 1.807) is 52.2 Å². The number of amides is 1. The van der Waals surface area contributed by atoms with Crippen LogP contribution in [0.25, 0.3) is 16.9 Å². The molecule has 184 valence electrons. The van der Waals surface area contributed by atoms with Gasteiger partial charge >= 0.3 is 0 Å². The third-order valence-corrected chi connectivity index (χ3v) is 7.74. The topological polar surface area (TPSA) is 107 Å². The third-order valence-electron chi connectivity index (χ3n) is 6.05. The van der Waals surface area contributed by atoms with Gasteiger partial charge in [-0.05, 0) is 26.2 Å². The maximum absolute atomic E-state index is 13.4. The van der Waals surface area contributed by atoms with Crippen molar-refractivity contribution >= 4 is 15.7 Å². The van der Waals surface area contributed by atoms with Gasteiger partial charge < -0.3 is 19.3 Å². The highest BCUT2D eigenvalue weighted by molar-refractivity contribution is 7.90. The number of nitrogens with zero attached hydrogens (tertiary/aromatic N) is 5. The van der Waals surface area contributed by atoms with Crippen LogP contribution in [0.2, 0.25) is 0 Å². The second-order valence-electron chi connectivity index (χ2n) is 8.75. The number of carbonyl (C=O) groups excluding carboxylic acids is 1. The molecule has 2 aliphatic rings. The second-order valence-corrected chi connectivity index (χ2v) is 10.7. The molecule has 10 nitrogen and oxygen atoms in total. The van der Waals surface area contributed by atoms with Crippen molar-refractivity contribution in [3.63, 3.8) is 0 Å². The highest BCUT2D eigenvalue weighted by Crippen LogP contribution is 2.40. The third kappa shape index (κ3) is 4.54. The minimum absolute atomic E-state index is 0.145.